The maximum Gasteiger partial charge on any atom is 0.203 e. The first-order valence-electron chi connectivity index (χ1n) is 32.2. The van der Waals surface area contributed by atoms with Crippen molar-refractivity contribution in [3.05, 3.63) is 396 Å². The average Bonchev–Trinajstić information content (AvgIpc) is 0.757. The number of fused-ring (bicyclic) bond motifs is 4. The first-order valence-corrected chi connectivity index (χ1v) is 32.2. The zero-order valence-electron chi connectivity index (χ0n) is 53.0. The predicted molar refractivity (Wildman–Crippen MR) is 409 cm³/mol. The van der Waals surface area contributed by atoms with E-state index in [0.29, 0.717) is 11.3 Å². The molecular weight excluding hydrogens is 1180 g/mol. The van der Waals surface area contributed by atoms with Gasteiger partial charge in [0.1, 0.15) is 12.1 Å². The highest BCUT2D eigenvalue weighted by Crippen LogP contribution is 2.44. The Morgan fingerprint density at radius 2 is 0.526 bits per heavy atom. The molecule has 0 heterocycles. The van der Waals surface area contributed by atoms with Gasteiger partial charge in [-0.05, 0) is 175 Å². The van der Waals surface area contributed by atoms with Crippen LogP contribution in [0, 0.1) is 29.2 Å². The van der Waals surface area contributed by atoms with E-state index in [9.17, 15) is 10.5 Å². The molecule has 6 nitrogen and oxygen atoms in total. The molecule has 97 heavy (non-hydrogen) atoms. The number of rotatable bonds is 15. The topological polar surface area (TPSA) is 61.7 Å². The Balaban J connectivity index is 0.000000186. The van der Waals surface area contributed by atoms with E-state index in [-0.39, 0.29) is 0 Å². The Morgan fingerprint density at radius 1 is 0.247 bits per heavy atom. The second kappa shape index (κ2) is 28.5. The smallest absolute Gasteiger partial charge is 0.203 e. The lowest BCUT2D eigenvalue weighted by molar-refractivity contribution is 1.28. The van der Waals surface area contributed by atoms with Crippen molar-refractivity contribution in [2.45, 2.75) is 0 Å². The molecule has 0 spiro atoms. The number of nitriles is 2. The van der Waals surface area contributed by atoms with Crippen LogP contribution in [-0.4, -0.2) is 0 Å². The molecule has 0 bridgehead atoms. The summed E-state index contributed by atoms with van der Waals surface area (Å²) in [5.41, 5.74) is 17.7. The zero-order chi connectivity index (χ0) is 65.7. The summed E-state index contributed by atoms with van der Waals surface area (Å²) in [5, 5.41) is 27.9. The number of nitrogens with zero attached hydrogens (tertiary/aromatic N) is 6. The predicted octanol–water partition coefficient (Wildman–Crippen LogP) is 25.2. The first-order chi connectivity index (χ1) is 48.0. The average molecular weight is 1240 g/mol. The van der Waals surface area contributed by atoms with E-state index in [1.165, 1.54) is 0 Å². The molecule has 0 atom stereocenters. The van der Waals surface area contributed by atoms with Gasteiger partial charge in [-0.15, -0.1) is 0 Å². The van der Waals surface area contributed by atoms with Gasteiger partial charge in [-0.25, -0.2) is 4.85 Å². The molecule has 0 fully saturated rings. The summed E-state index contributed by atoms with van der Waals surface area (Å²) in [5.74, 6) is 0. The Kier molecular flexibility index (Phi) is 17.9. The molecule has 15 rings (SSSR count). The van der Waals surface area contributed by atoms with Crippen molar-refractivity contribution in [2.24, 2.45) is 0 Å². The Bertz CT molecular complexity index is 5110. The summed E-state index contributed by atoms with van der Waals surface area (Å²) in [4.78, 5) is 10.8. The summed E-state index contributed by atoms with van der Waals surface area (Å²) in [6, 6.07) is 121. The van der Waals surface area contributed by atoms with Crippen molar-refractivity contribution < 1.29 is 0 Å². The van der Waals surface area contributed by atoms with Crippen LogP contribution in [0.25, 0.3) is 84.4 Å². The normalized spacial score (nSPS) is 11.1. The molecule has 0 aliphatic carbocycles. The van der Waals surface area contributed by atoms with Crippen molar-refractivity contribution in [3.63, 3.8) is 0 Å². The van der Waals surface area contributed by atoms with E-state index in [0.717, 1.165) is 133 Å². The molecule has 6 heteroatoms. The quantitative estimate of drug-likeness (QED) is 0.0581. The summed E-state index contributed by atoms with van der Waals surface area (Å²) in [7, 11) is 0. The van der Waals surface area contributed by atoms with Crippen molar-refractivity contribution >= 4 is 136 Å². The fourth-order valence-electron chi connectivity index (χ4n) is 12.9. The number of benzene rings is 15. The van der Waals surface area contributed by atoms with Crippen LogP contribution in [0.1, 0.15) is 44.5 Å². The molecule has 456 valence electrons. The Morgan fingerprint density at radius 3 is 0.856 bits per heavy atom. The minimum Gasteiger partial charge on any atom is -0.311 e. The molecule has 0 aliphatic heterocycles. The molecular formula is C91H62N6. The van der Waals surface area contributed by atoms with Crippen molar-refractivity contribution in [2.75, 3.05) is 14.7 Å². The molecule has 15 aromatic carbocycles. The first kappa shape index (κ1) is 61.0. The lowest BCUT2D eigenvalue weighted by atomic mass is 9.90. The standard InChI is InChI=1S/C56H38N4.C35H24N2/c1-58-56-52-27-15-16-43(34-28-41-30-36-49(37-31-41)59(45-18-6-2-7-19-45)46-20-8-3-9-21-46)54(52)53(40-57)51-26-14-17-44(55(51)56)35-29-42-32-38-50(39-33-42)60(47-22-10-4-11-23-47)48-24-12-5-13-25-48;36-25-35-32-17-9-7-15-30(32)34(31-16-8-10-18-33(31)35)24-21-26-19-22-29(23-20-26)37(27-11-3-1-4-12-27)28-13-5-2-6-14-28/h2-39H;1-24H. The molecule has 0 saturated carbocycles. The van der Waals surface area contributed by atoms with Gasteiger partial charge in [0, 0.05) is 62.0 Å². The van der Waals surface area contributed by atoms with Gasteiger partial charge in [0.05, 0.1) is 17.7 Å². The summed E-state index contributed by atoms with van der Waals surface area (Å²) >= 11 is 0. The van der Waals surface area contributed by atoms with Crippen LogP contribution in [0.3, 0.4) is 0 Å². The van der Waals surface area contributed by atoms with Crippen LogP contribution in [0.5, 0.6) is 0 Å². The maximum absolute atomic E-state index is 10.7. The van der Waals surface area contributed by atoms with Gasteiger partial charge in [0.15, 0.2) is 0 Å². The van der Waals surface area contributed by atoms with Crippen molar-refractivity contribution in [1.82, 2.24) is 0 Å². The fraction of sp³-hybridized carbons (Fsp3) is 0. The van der Waals surface area contributed by atoms with Gasteiger partial charge in [0.2, 0.25) is 5.69 Å². The van der Waals surface area contributed by atoms with Gasteiger partial charge in [-0.3, -0.25) is 0 Å². The monoisotopic (exact) mass is 1240 g/mol. The van der Waals surface area contributed by atoms with E-state index < -0.39 is 0 Å². The zero-order valence-corrected chi connectivity index (χ0v) is 53.0. The third-order valence-corrected chi connectivity index (χ3v) is 17.4. The third kappa shape index (κ3) is 12.9. The third-order valence-electron chi connectivity index (χ3n) is 17.4. The van der Waals surface area contributed by atoms with Crippen LogP contribution in [0.2, 0.25) is 0 Å². The molecule has 0 radical (unpaired) electrons. The molecule has 0 aliphatic rings. The van der Waals surface area contributed by atoms with Crippen LogP contribution >= 0.6 is 0 Å². The Labute approximate surface area is 566 Å². The van der Waals surface area contributed by atoms with Crippen molar-refractivity contribution in [3.8, 4) is 12.1 Å². The van der Waals surface area contributed by atoms with E-state index in [4.69, 9.17) is 6.57 Å². The van der Waals surface area contributed by atoms with E-state index in [2.05, 4.69) is 293 Å². The molecule has 0 amide bonds. The molecule has 15 aromatic rings. The second-order valence-electron chi connectivity index (χ2n) is 23.3. The van der Waals surface area contributed by atoms with Gasteiger partial charge in [-0.2, -0.15) is 10.5 Å². The van der Waals surface area contributed by atoms with E-state index >= 15 is 0 Å². The number of hydrogen-bond acceptors (Lipinski definition) is 5. The Hall–Kier alpha value is -13.6. The van der Waals surface area contributed by atoms with Crippen molar-refractivity contribution in [1.29, 1.82) is 10.5 Å². The van der Waals surface area contributed by atoms with Crippen LogP contribution in [-0.2, 0) is 0 Å². The molecule has 0 aromatic heterocycles. The lowest BCUT2D eigenvalue weighted by Crippen LogP contribution is -2.09. The molecule has 0 N–H and O–H groups in total. The maximum atomic E-state index is 10.7. The number of hydrogen-bond donors (Lipinski definition) is 0. The van der Waals surface area contributed by atoms with Gasteiger partial charge in [-0.1, -0.05) is 267 Å². The van der Waals surface area contributed by atoms with E-state index in [1.54, 1.807) is 0 Å². The number of anilines is 9. The largest absolute Gasteiger partial charge is 0.311 e. The lowest BCUT2D eigenvalue weighted by Gasteiger charge is -2.25. The molecule has 0 saturated heterocycles. The minimum atomic E-state index is 0.539. The van der Waals surface area contributed by atoms with Gasteiger partial charge >= 0.3 is 0 Å². The van der Waals surface area contributed by atoms with Crippen LogP contribution in [0.15, 0.2) is 340 Å². The highest BCUT2D eigenvalue weighted by atomic mass is 15.2. The van der Waals surface area contributed by atoms with Crippen LogP contribution < -0.4 is 14.7 Å². The minimum absolute atomic E-state index is 0.539. The SMILES string of the molecule is N#Cc1c2ccccc2c(C=Cc2ccc(N(c3ccccc3)c3ccccc3)cc2)c2ccccc12.[C-]#[N+]c1c2cccc(C=Cc3ccc(N(c4ccccc4)c4ccccc4)cc3)c2c(C#N)c2cccc(C=Cc3ccc(N(c4ccccc4)c4ccccc4)cc3)c12. The summed E-state index contributed by atoms with van der Waals surface area (Å²) < 4.78 is 0. The highest BCUT2D eigenvalue weighted by Gasteiger charge is 2.20. The molecule has 0 unspecified atom stereocenters. The highest BCUT2D eigenvalue weighted by molar-refractivity contribution is 6.20. The number of para-hydroxylation sites is 6. The fourth-order valence-corrected chi connectivity index (χ4v) is 12.9. The summed E-state index contributed by atoms with van der Waals surface area (Å²) in [6.07, 6.45) is 12.6. The van der Waals surface area contributed by atoms with Gasteiger partial charge in [0.25, 0.3) is 0 Å². The van der Waals surface area contributed by atoms with Crippen LogP contribution in [0.4, 0.5) is 56.9 Å². The second-order valence-corrected chi connectivity index (χ2v) is 23.3. The van der Waals surface area contributed by atoms with Gasteiger partial charge < -0.3 is 14.7 Å². The summed E-state index contributed by atoms with van der Waals surface area (Å²) in [6.45, 7) is 8.41. The van der Waals surface area contributed by atoms with E-state index in [1.807, 2.05) is 115 Å².